The number of imidazole rings is 1. The van der Waals surface area contributed by atoms with Crippen LogP contribution in [0.15, 0.2) is 76.5 Å². The topological polar surface area (TPSA) is 82.3 Å². The van der Waals surface area contributed by atoms with Crippen molar-refractivity contribution >= 4 is 29.9 Å². The number of halogens is 2. The summed E-state index contributed by atoms with van der Waals surface area (Å²) in [5.41, 5.74) is 3.64. The molecule has 0 unspecified atom stereocenters. The fourth-order valence-corrected chi connectivity index (χ4v) is 3.40. The Labute approximate surface area is 215 Å². The summed E-state index contributed by atoms with van der Waals surface area (Å²) in [7, 11) is 1.98. The number of oxazole rings is 1. The molecule has 0 atom stereocenters. The van der Waals surface area contributed by atoms with Crippen LogP contribution in [0.3, 0.4) is 0 Å². The van der Waals surface area contributed by atoms with Crippen molar-refractivity contribution < 1.29 is 8.81 Å². The molecule has 4 aromatic rings. The van der Waals surface area contributed by atoms with Gasteiger partial charge in [-0.3, -0.25) is 4.99 Å². The normalized spacial score (nSPS) is 11.2. The average molecular weight is 574 g/mol. The Hall–Kier alpha value is -3.21. The Morgan fingerprint density at radius 1 is 1.12 bits per heavy atom. The van der Waals surface area contributed by atoms with Crippen LogP contribution in [0, 0.1) is 5.82 Å². The maximum atomic E-state index is 13.1. The zero-order chi connectivity index (χ0) is 23.0. The average Bonchev–Trinajstić information content (AvgIpc) is 3.49. The van der Waals surface area contributed by atoms with E-state index in [1.807, 2.05) is 43.3 Å². The number of hydrogen-bond acceptors (Lipinski definition) is 4. The Balaban J connectivity index is 0.00000324. The molecule has 0 bridgehead atoms. The standard InChI is InChI=1S/C25H27FN6O.HI/c1-3-27-25(32(2)16-23-29-15-22(31-23)18-7-5-4-6-8-18)28-14-13-21-17-33-24(30-21)19-9-11-20(26)12-10-19;/h4-12,15,17H,3,13-14,16H2,1-2H3,(H,27,28)(H,29,31);1H. The Morgan fingerprint density at radius 3 is 2.62 bits per heavy atom. The second-order valence-electron chi connectivity index (χ2n) is 7.60. The monoisotopic (exact) mass is 574 g/mol. The van der Waals surface area contributed by atoms with Gasteiger partial charge in [-0.25, -0.2) is 14.4 Å². The van der Waals surface area contributed by atoms with Gasteiger partial charge in [0.05, 0.1) is 24.1 Å². The first-order valence-electron chi connectivity index (χ1n) is 10.9. The van der Waals surface area contributed by atoms with E-state index in [1.54, 1.807) is 18.4 Å². The maximum Gasteiger partial charge on any atom is 0.226 e. The lowest BCUT2D eigenvalue weighted by Gasteiger charge is -2.21. The third-order valence-electron chi connectivity index (χ3n) is 5.07. The summed E-state index contributed by atoms with van der Waals surface area (Å²) < 4.78 is 18.7. The van der Waals surface area contributed by atoms with E-state index in [-0.39, 0.29) is 29.8 Å². The number of guanidine groups is 1. The molecular formula is C25H28FIN6O. The number of hydrogen-bond donors (Lipinski definition) is 2. The first-order chi connectivity index (χ1) is 16.1. The van der Waals surface area contributed by atoms with Crippen molar-refractivity contribution in [2.45, 2.75) is 19.9 Å². The molecule has 2 aromatic heterocycles. The summed E-state index contributed by atoms with van der Waals surface area (Å²) in [6.45, 7) is 3.94. The van der Waals surface area contributed by atoms with Gasteiger partial charge in [0, 0.05) is 32.1 Å². The van der Waals surface area contributed by atoms with E-state index in [0.29, 0.717) is 25.4 Å². The molecule has 0 aliphatic rings. The maximum absolute atomic E-state index is 13.1. The minimum atomic E-state index is -0.286. The molecule has 2 aromatic carbocycles. The van der Waals surface area contributed by atoms with Gasteiger partial charge in [0.2, 0.25) is 5.89 Å². The van der Waals surface area contributed by atoms with Crippen LogP contribution in [0.25, 0.3) is 22.7 Å². The molecule has 0 aliphatic carbocycles. The van der Waals surface area contributed by atoms with Gasteiger partial charge in [-0.2, -0.15) is 0 Å². The molecule has 0 fully saturated rings. The highest BCUT2D eigenvalue weighted by atomic mass is 127. The minimum Gasteiger partial charge on any atom is -0.444 e. The molecule has 0 saturated carbocycles. The van der Waals surface area contributed by atoms with E-state index in [1.165, 1.54) is 12.1 Å². The van der Waals surface area contributed by atoms with Gasteiger partial charge < -0.3 is 19.6 Å². The number of aromatic nitrogens is 3. The van der Waals surface area contributed by atoms with E-state index in [9.17, 15) is 4.39 Å². The lowest BCUT2D eigenvalue weighted by atomic mass is 10.2. The molecule has 4 rings (SSSR count). The van der Waals surface area contributed by atoms with Gasteiger partial charge in [0.25, 0.3) is 0 Å². The molecule has 0 aliphatic heterocycles. The Kier molecular flexibility index (Phi) is 9.20. The molecule has 0 amide bonds. The van der Waals surface area contributed by atoms with Crippen molar-refractivity contribution in [3.63, 3.8) is 0 Å². The summed E-state index contributed by atoms with van der Waals surface area (Å²) in [6, 6.07) is 16.2. The van der Waals surface area contributed by atoms with Crippen molar-refractivity contribution in [3.05, 3.63) is 84.4 Å². The number of nitrogens with one attached hydrogen (secondary N) is 2. The molecule has 0 spiro atoms. The van der Waals surface area contributed by atoms with Gasteiger partial charge >= 0.3 is 0 Å². The number of aromatic amines is 1. The minimum absolute atomic E-state index is 0. The van der Waals surface area contributed by atoms with Gasteiger partial charge in [-0.15, -0.1) is 24.0 Å². The number of rotatable bonds is 8. The number of H-pyrrole nitrogens is 1. The summed E-state index contributed by atoms with van der Waals surface area (Å²) >= 11 is 0. The van der Waals surface area contributed by atoms with Crippen molar-refractivity contribution in [2.24, 2.45) is 4.99 Å². The van der Waals surface area contributed by atoms with E-state index in [0.717, 1.165) is 40.8 Å². The zero-order valence-electron chi connectivity index (χ0n) is 19.2. The van der Waals surface area contributed by atoms with Crippen molar-refractivity contribution in [3.8, 4) is 22.7 Å². The van der Waals surface area contributed by atoms with Crippen LogP contribution < -0.4 is 5.32 Å². The summed E-state index contributed by atoms with van der Waals surface area (Å²) in [6.07, 6.45) is 4.11. The predicted octanol–water partition coefficient (Wildman–Crippen LogP) is 5.13. The van der Waals surface area contributed by atoms with Gasteiger partial charge in [0.1, 0.15) is 17.9 Å². The van der Waals surface area contributed by atoms with Gasteiger partial charge in [0.15, 0.2) is 5.96 Å². The van der Waals surface area contributed by atoms with Crippen LogP contribution in [-0.4, -0.2) is 45.9 Å². The fraction of sp³-hybridized carbons (Fsp3) is 0.240. The quantitative estimate of drug-likeness (QED) is 0.173. The van der Waals surface area contributed by atoms with E-state index < -0.39 is 0 Å². The first kappa shape index (κ1) is 25.4. The van der Waals surface area contributed by atoms with Crippen LogP contribution in [0.2, 0.25) is 0 Å². The molecular weight excluding hydrogens is 546 g/mol. The second kappa shape index (κ2) is 12.3. The summed E-state index contributed by atoms with van der Waals surface area (Å²) in [5.74, 6) is 1.84. The highest BCUT2D eigenvalue weighted by molar-refractivity contribution is 14.0. The molecule has 9 heteroatoms. The fourth-order valence-electron chi connectivity index (χ4n) is 3.40. The van der Waals surface area contributed by atoms with Crippen LogP contribution in [0.5, 0.6) is 0 Å². The van der Waals surface area contributed by atoms with E-state index in [2.05, 4.69) is 32.4 Å². The molecule has 0 radical (unpaired) electrons. The number of aliphatic imine (C=N–C) groups is 1. The smallest absolute Gasteiger partial charge is 0.226 e. The lowest BCUT2D eigenvalue weighted by molar-refractivity contribution is 0.464. The molecule has 0 saturated heterocycles. The number of benzene rings is 2. The highest BCUT2D eigenvalue weighted by Gasteiger charge is 2.11. The third kappa shape index (κ3) is 6.66. The molecule has 34 heavy (non-hydrogen) atoms. The summed E-state index contributed by atoms with van der Waals surface area (Å²) in [5, 5.41) is 3.32. The molecule has 178 valence electrons. The van der Waals surface area contributed by atoms with Crippen molar-refractivity contribution in [2.75, 3.05) is 20.1 Å². The van der Waals surface area contributed by atoms with Crippen molar-refractivity contribution in [1.29, 1.82) is 0 Å². The highest BCUT2D eigenvalue weighted by Crippen LogP contribution is 2.19. The molecule has 7 nitrogen and oxygen atoms in total. The third-order valence-corrected chi connectivity index (χ3v) is 5.07. The number of nitrogens with zero attached hydrogens (tertiary/aromatic N) is 4. The van der Waals surface area contributed by atoms with Crippen molar-refractivity contribution in [1.82, 2.24) is 25.2 Å². The van der Waals surface area contributed by atoms with Crippen LogP contribution >= 0.6 is 24.0 Å². The van der Waals surface area contributed by atoms with Crippen LogP contribution in [0.1, 0.15) is 18.4 Å². The van der Waals surface area contributed by atoms with Crippen LogP contribution in [-0.2, 0) is 13.0 Å². The van der Waals surface area contributed by atoms with E-state index >= 15 is 0 Å². The Bertz CT molecular complexity index is 1190. The lowest BCUT2D eigenvalue weighted by Crippen LogP contribution is -2.38. The van der Waals surface area contributed by atoms with Gasteiger partial charge in [-0.1, -0.05) is 30.3 Å². The van der Waals surface area contributed by atoms with Crippen LogP contribution in [0.4, 0.5) is 4.39 Å². The SMILES string of the molecule is CCNC(=NCCc1coc(-c2ccc(F)cc2)n1)N(C)Cc1ncc(-c2ccccc2)[nH]1.I. The largest absolute Gasteiger partial charge is 0.444 e. The summed E-state index contributed by atoms with van der Waals surface area (Å²) in [4.78, 5) is 19.1. The zero-order valence-corrected chi connectivity index (χ0v) is 21.5. The first-order valence-corrected chi connectivity index (χ1v) is 10.9. The van der Waals surface area contributed by atoms with E-state index in [4.69, 9.17) is 9.41 Å². The second-order valence-corrected chi connectivity index (χ2v) is 7.60. The van der Waals surface area contributed by atoms with Gasteiger partial charge in [-0.05, 0) is 36.8 Å². The predicted molar refractivity (Wildman–Crippen MR) is 142 cm³/mol. The molecule has 2 heterocycles. The Morgan fingerprint density at radius 2 is 1.88 bits per heavy atom. The molecule has 2 N–H and O–H groups in total.